The van der Waals surface area contributed by atoms with Crippen LogP contribution in [0.25, 0.3) is 11.3 Å². The molecule has 0 saturated carbocycles. The molecule has 2 heterocycles. The Morgan fingerprint density at radius 2 is 1.86 bits per heavy atom. The van der Waals surface area contributed by atoms with Crippen LogP contribution in [-0.4, -0.2) is 24.0 Å². The molecule has 1 aliphatic rings. The van der Waals surface area contributed by atoms with E-state index in [2.05, 4.69) is 4.98 Å². The third-order valence-electron chi connectivity index (χ3n) is 3.80. The van der Waals surface area contributed by atoms with E-state index in [1.165, 1.54) is 0 Å². The van der Waals surface area contributed by atoms with E-state index in [4.69, 9.17) is 5.73 Å². The van der Waals surface area contributed by atoms with Gasteiger partial charge in [-0.15, -0.1) is 0 Å². The minimum Gasteiger partial charge on any atom is -0.399 e. The molecule has 0 aliphatic carbocycles. The summed E-state index contributed by atoms with van der Waals surface area (Å²) in [5.74, 6) is -2.55. The average Bonchev–Trinajstić information content (AvgIpc) is 2.48. The number of nitrogens with zero attached hydrogens (tertiary/aromatic N) is 2. The number of nitrogen functional groups attached to an aromatic ring is 1. The van der Waals surface area contributed by atoms with Crippen molar-refractivity contribution in [2.75, 3.05) is 23.7 Å². The van der Waals surface area contributed by atoms with Crippen molar-refractivity contribution in [3.05, 3.63) is 42.6 Å². The number of halogens is 2. The van der Waals surface area contributed by atoms with Crippen LogP contribution >= 0.6 is 0 Å². The molecular weight excluding hydrogens is 272 g/mol. The fourth-order valence-electron chi connectivity index (χ4n) is 2.62. The number of benzene rings is 1. The Kier molecular flexibility index (Phi) is 3.49. The number of nitrogens with two attached hydrogens (primary N) is 1. The Balaban J connectivity index is 1.96. The van der Waals surface area contributed by atoms with Crippen molar-refractivity contribution in [3.63, 3.8) is 0 Å². The molecule has 0 bridgehead atoms. The maximum Gasteiger partial charge on any atom is 0.251 e. The van der Waals surface area contributed by atoms with Gasteiger partial charge in [-0.05, 0) is 30.3 Å². The van der Waals surface area contributed by atoms with Crippen LogP contribution in [0, 0.1) is 0 Å². The summed E-state index contributed by atoms with van der Waals surface area (Å²) < 4.78 is 26.7. The second-order valence-electron chi connectivity index (χ2n) is 5.33. The zero-order chi connectivity index (χ0) is 14.9. The van der Waals surface area contributed by atoms with E-state index in [0.717, 1.165) is 16.9 Å². The van der Waals surface area contributed by atoms with E-state index in [1.807, 2.05) is 41.3 Å². The van der Waals surface area contributed by atoms with E-state index in [0.29, 0.717) is 18.8 Å². The van der Waals surface area contributed by atoms with E-state index in [1.54, 1.807) is 6.20 Å². The summed E-state index contributed by atoms with van der Waals surface area (Å²) in [6.07, 6.45) is 1.48. The molecule has 0 amide bonds. The van der Waals surface area contributed by atoms with Crippen molar-refractivity contribution in [1.82, 2.24) is 4.98 Å². The fraction of sp³-hybridized carbons (Fsp3) is 0.312. The van der Waals surface area contributed by atoms with Gasteiger partial charge in [-0.2, -0.15) is 0 Å². The third kappa shape index (κ3) is 2.96. The lowest BCUT2D eigenvalue weighted by atomic mass is 10.0. The summed E-state index contributed by atoms with van der Waals surface area (Å²) in [4.78, 5) is 6.32. The molecule has 1 fully saturated rings. The Labute approximate surface area is 122 Å². The number of aromatic nitrogens is 1. The van der Waals surface area contributed by atoms with E-state index in [9.17, 15) is 8.78 Å². The first-order valence-electron chi connectivity index (χ1n) is 6.99. The number of anilines is 2. The van der Waals surface area contributed by atoms with Crippen molar-refractivity contribution in [2.24, 2.45) is 0 Å². The topological polar surface area (TPSA) is 42.1 Å². The van der Waals surface area contributed by atoms with E-state index in [-0.39, 0.29) is 12.8 Å². The Morgan fingerprint density at radius 3 is 2.52 bits per heavy atom. The van der Waals surface area contributed by atoms with Crippen molar-refractivity contribution in [1.29, 1.82) is 0 Å². The predicted molar refractivity (Wildman–Crippen MR) is 80.5 cm³/mol. The summed E-state index contributed by atoms with van der Waals surface area (Å²) in [5.41, 5.74) is 9.13. The van der Waals surface area contributed by atoms with Gasteiger partial charge in [0.15, 0.2) is 0 Å². The second kappa shape index (κ2) is 5.31. The van der Waals surface area contributed by atoms with Crippen LogP contribution in [-0.2, 0) is 0 Å². The third-order valence-corrected chi connectivity index (χ3v) is 3.80. The van der Waals surface area contributed by atoms with Crippen LogP contribution in [0.4, 0.5) is 20.2 Å². The predicted octanol–water partition coefficient (Wildman–Crippen LogP) is 3.57. The van der Waals surface area contributed by atoms with Crippen molar-refractivity contribution < 1.29 is 8.78 Å². The molecule has 5 heteroatoms. The zero-order valence-corrected chi connectivity index (χ0v) is 11.6. The first kappa shape index (κ1) is 13.8. The van der Waals surface area contributed by atoms with Crippen LogP contribution in [0.3, 0.4) is 0 Å². The monoisotopic (exact) mass is 289 g/mol. The molecule has 0 unspecified atom stereocenters. The summed E-state index contributed by atoms with van der Waals surface area (Å²) in [6, 6.07) is 11.2. The molecule has 0 radical (unpaired) electrons. The molecule has 3 rings (SSSR count). The smallest absolute Gasteiger partial charge is 0.251 e. The average molecular weight is 289 g/mol. The molecule has 21 heavy (non-hydrogen) atoms. The van der Waals surface area contributed by atoms with Crippen molar-refractivity contribution >= 4 is 11.4 Å². The molecule has 2 N–H and O–H groups in total. The highest BCUT2D eigenvalue weighted by Crippen LogP contribution is 2.36. The van der Waals surface area contributed by atoms with Gasteiger partial charge in [0, 0.05) is 49.1 Å². The molecule has 110 valence electrons. The summed E-state index contributed by atoms with van der Waals surface area (Å²) in [6.45, 7) is 0.659. The first-order chi connectivity index (χ1) is 10.1. The van der Waals surface area contributed by atoms with E-state index < -0.39 is 5.92 Å². The summed E-state index contributed by atoms with van der Waals surface area (Å²) in [5, 5.41) is 0. The minimum atomic E-state index is -2.55. The molecule has 1 aromatic heterocycles. The SMILES string of the molecule is Nc1ccc(-c2ccccn2)c(N2CCC(F)(F)CC2)c1. The largest absolute Gasteiger partial charge is 0.399 e. The highest BCUT2D eigenvalue weighted by molar-refractivity contribution is 5.79. The summed E-state index contributed by atoms with van der Waals surface area (Å²) in [7, 11) is 0. The lowest BCUT2D eigenvalue weighted by Crippen LogP contribution is -2.39. The molecule has 0 spiro atoms. The van der Waals surface area contributed by atoms with Gasteiger partial charge in [-0.25, -0.2) is 8.78 Å². The molecule has 1 aliphatic heterocycles. The number of hydrogen-bond donors (Lipinski definition) is 1. The Morgan fingerprint density at radius 1 is 1.10 bits per heavy atom. The Hall–Kier alpha value is -2.17. The van der Waals surface area contributed by atoms with Gasteiger partial charge in [0.05, 0.1) is 5.69 Å². The number of piperidine rings is 1. The number of pyridine rings is 1. The normalized spacial score (nSPS) is 17.7. The van der Waals surface area contributed by atoms with Crippen LogP contribution in [0.2, 0.25) is 0 Å². The second-order valence-corrected chi connectivity index (χ2v) is 5.33. The minimum absolute atomic E-state index is 0.122. The molecule has 3 nitrogen and oxygen atoms in total. The van der Waals surface area contributed by atoms with Gasteiger partial charge < -0.3 is 10.6 Å². The van der Waals surface area contributed by atoms with Gasteiger partial charge >= 0.3 is 0 Å². The maximum absolute atomic E-state index is 13.3. The molecule has 1 aromatic carbocycles. The Bertz CT molecular complexity index is 619. The lowest BCUT2D eigenvalue weighted by molar-refractivity contribution is -0.0220. The number of alkyl halides is 2. The number of rotatable bonds is 2. The van der Waals surface area contributed by atoms with Gasteiger partial charge in [0.25, 0.3) is 5.92 Å². The van der Waals surface area contributed by atoms with Crippen LogP contribution in [0.5, 0.6) is 0 Å². The molecule has 2 aromatic rings. The fourth-order valence-corrected chi connectivity index (χ4v) is 2.62. The highest BCUT2D eigenvalue weighted by atomic mass is 19.3. The zero-order valence-electron chi connectivity index (χ0n) is 11.6. The van der Waals surface area contributed by atoms with Crippen LogP contribution < -0.4 is 10.6 Å². The van der Waals surface area contributed by atoms with Crippen LogP contribution in [0.15, 0.2) is 42.6 Å². The first-order valence-corrected chi connectivity index (χ1v) is 6.99. The molecule has 0 atom stereocenters. The van der Waals surface area contributed by atoms with Crippen LogP contribution in [0.1, 0.15) is 12.8 Å². The van der Waals surface area contributed by atoms with Gasteiger partial charge in [0.2, 0.25) is 0 Å². The van der Waals surface area contributed by atoms with Crippen molar-refractivity contribution in [2.45, 2.75) is 18.8 Å². The quantitative estimate of drug-likeness (QED) is 0.859. The standard InChI is InChI=1S/C16H17F2N3/c17-16(18)6-9-21(10-7-16)15-11-12(19)4-5-13(15)14-3-1-2-8-20-14/h1-5,8,11H,6-7,9-10,19H2. The lowest BCUT2D eigenvalue weighted by Gasteiger charge is -2.34. The molecular formula is C16H17F2N3. The van der Waals surface area contributed by atoms with Gasteiger partial charge in [-0.1, -0.05) is 6.07 Å². The maximum atomic E-state index is 13.3. The van der Waals surface area contributed by atoms with Gasteiger partial charge in [-0.3, -0.25) is 4.98 Å². The molecule has 1 saturated heterocycles. The number of hydrogen-bond acceptors (Lipinski definition) is 3. The van der Waals surface area contributed by atoms with Gasteiger partial charge in [0.1, 0.15) is 0 Å². The van der Waals surface area contributed by atoms with E-state index >= 15 is 0 Å². The summed E-state index contributed by atoms with van der Waals surface area (Å²) >= 11 is 0. The van der Waals surface area contributed by atoms with Crippen molar-refractivity contribution in [3.8, 4) is 11.3 Å². The highest BCUT2D eigenvalue weighted by Gasteiger charge is 2.34.